The topological polar surface area (TPSA) is 68.0 Å². The van der Waals surface area contributed by atoms with Crippen LogP contribution < -0.4 is 11.1 Å². The van der Waals surface area contributed by atoms with Crippen molar-refractivity contribution >= 4 is 23.5 Å². The third-order valence-corrected chi connectivity index (χ3v) is 4.75. The van der Waals surface area contributed by atoms with E-state index in [4.69, 9.17) is 5.73 Å². The Hall–Kier alpha value is -1.23. The maximum atomic E-state index is 11.5. The van der Waals surface area contributed by atoms with Crippen molar-refractivity contribution in [2.45, 2.75) is 31.7 Å². The minimum Gasteiger partial charge on any atom is -0.366 e. The first kappa shape index (κ1) is 11.8. The zero-order chi connectivity index (χ0) is 12.5. The molecule has 0 radical (unpaired) electrons. The molecule has 0 bridgehead atoms. The first-order valence-corrected chi connectivity index (χ1v) is 7.56. The lowest BCUT2D eigenvalue weighted by molar-refractivity contribution is 0.100. The van der Waals surface area contributed by atoms with Gasteiger partial charge in [0.1, 0.15) is 5.82 Å². The number of aromatic nitrogens is 1. The normalized spacial score (nSPS) is 21.9. The summed E-state index contributed by atoms with van der Waals surface area (Å²) in [6.07, 6.45) is 4.29. The second-order valence-corrected chi connectivity index (χ2v) is 6.06. The molecule has 1 unspecified atom stereocenters. The summed E-state index contributed by atoms with van der Waals surface area (Å²) in [5.41, 5.74) is 8.33. The number of nitrogens with one attached hydrogen (secondary N) is 1. The van der Waals surface area contributed by atoms with E-state index < -0.39 is 0 Å². The van der Waals surface area contributed by atoms with Crippen LogP contribution in [0.15, 0.2) is 6.07 Å². The summed E-state index contributed by atoms with van der Waals surface area (Å²) < 4.78 is 0. The Balaban J connectivity index is 1.92. The smallest absolute Gasteiger partial charge is 0.252 e. The van der Waals surface area contributed by atoms with Crippen LogP contribution in [0.5, 0.6) is 0 Å². The van der Waals surface area contributed by atoms with Crippen LogP contribution in [-0.4, -0.2) is 28.4 Å². The maximum absolute atomic E-state index is 11.5. The summed E-state index contributed by atoms with van der Waals surface area (Å²) in [5, 5.41) is 3.39. The third-order valence-electron chi connectivity index (χ3n) is 3.59. The van der Waals surface area contributed by atoms with Crippen LogP contribution in [0.4, 0.5) is 5.82 Å². The van der Waals surface area contributed by atoms with Crippen molar-refractivity contribution in [3.05, 3.63) is 22.9 Å². The van der Waals surface area contributed by atoms with Crippen molar-refractivity contribution in [1.29, 1.82) is 0 Å². The lowest BCUT2D eigenvalue weighted by Crippen LogP contribution is -2.23. The van der Waals surface area contributed by atoms with Gasteiger partial charge in [-0.05, 0) is 43.1 Å². The number of hydrogen-bond donors (Lipinski definition) is 2. The number of fused-ring (bicyclic) bond motifs is 1. The van der Waals surface area contributed by atoms with Crippen molar-refractivity contribution in [1.82, 2.24) is 4.98 Å². The molecule has 1 aliphatic carbocycles. The molecule has 1 fully saturated rings. The maximum Gasteiger partial charge on any atom is 0.252 e. The van der Waals surface area contributed by atoms with E-state index in [0.29, 0.717) is 17.4 Å². The zero-order valence-corrected chi connectivity index (χ0v) is 11.1. The summed E-state index contributed by atoms with van der Waals surface area (Å²) in [4.78, 5) is 16.1. The highest BCUT2D eigenvalue weighted by Gasteiger charge is 2.22. The van der Waals surface area contributed by atoms with Gasteiger partial charge in [0.05, 0.1) is 5.56 Å². The Labute approximate surface area is 111 Å². The fourth-order valence-corrected chi connectivity index (χ4v) is 3.76. The van der Waals surface area contributed by atoms with Gasteiger partial charge in [-0.15, -0.1) is 0 Å². The van der Waals surface area contributed by atoms with Crippen LogP contribution in [0.3, 0.4) is 0 Å². The molecule has 4 nitrogen and oxygen atoms in total. The standard InChI is InChI=1S/C13H17N3OS/c14-12(17)10-6-8-2-1-3-11(8)16-13(10)15-9-4-5-18-7-9/h6,9H,1-5,7H2,(H2,14,17)(H,15,16). The van der Waals surface area contributed by atoms with Gasteiger partial charge in [0.2, 0.25) is 0 Å². The first-order chi connectivity index (χ1) is 8.74. The van der Waals surface area contributed by atoms with E-state index in [2.05, 4.69) is 10.3 Å². The van der Waals surface area contributed by atoms with Gasteiger partial charge < -0.3 is 11.1 Å². The number of primary amides is 1. The van der Waals surface area contributed by atoms with E-state index in [0.717, 1.165) is 37.1 Å². The number of rotatable bonds is 3. The lowest BCUT2D eigenvalue weighted by atomic mass is 10.1. The lowest BCUT2D eigenvalue weighted by Gasteiger charge is -2.15. The van der Waals surface area contributed by atoms with Crippen molar-refractivity contribution in [2.24, 2.45) is 5.73 Å². The van der Waals surface area contributed by atoms with E-state index in [-0.39, 0.29) is 5.91 Å². The van der Waals surface area contributed by atoms with E-state index in [1.54, 1.807) is 0 Å². The van der Waals surface area contributed by atoms with Crippen LogP contribution in [-0.2, 0) is 12.8 Å². The molecule has 1 amide bonds. The molecule has 0 saturated carbocycles. The Morgan fingerprint density at radius 1 is 1.50 bits per heavy atom. The van der Waals surface area contributed by atoms with E-state index in [1.807, 2.05) is 17.8 Å². The number of carbonyl (C=O) groups excluding carboxylic acids is 1. The highest BCUT2D eigenvalue weighted by atomic mass is 32.2. The quantitative estimate of drug-likeness (QED) is 0.869. The van der Waals surface area contributed by atoms with E-state index in [1.165, 1.54) is 11.3 Å². The molecule has 96 valence electrons. The van der Waals surface area contributed by atoms with Gasteiger partial charge in [0, 0.05) is 17.5 Å². The van der Waals surface area contributed by atoms with Gasteiger partial charge in [-0.3, -0.25) is 4.79 Å². The fourth-order valence-electron chi connectivity index (χ4n) is 2.61. The Morgan fingerprint density at radius 3 is 3.11 bits per heavy atom. The fraction of sp³-hybridized carbons (Fsp3) is 0.538. The van der Waals surface area contributed by atoms with Crippen molar-refractivity contribution < 1.29 is 4.79 Å². The number of carbonyl (C=O) groups is 1. The number of nitrogens with zero attached hydrogens (tertiary/aromatic N) is 1. The summed E-state index contributed by atoms with van der Waals surface area (Å²) in [6.45, 7) is 0. The summed E-state index contributed by atoms with van der Waals surface area (Å²) >= 11 is 1.93. The highest BCUT2D eigenvalue weighted by molar-refractivity contribution is 7.99. The minimum atomic E-state index is -0.384. The van der Waals surface area contributed by atoms with E-state index >= 15 is 0 Å². The molecule has 0 spiro atoms. The number of anilines is 1. The number of nitrogens with two attached hydrogens (primary N) is 1. The molecule has 3 N–H and O–H groups in total. The van der Waals surface area contributed by atoms with Crippen molar-refractivity contribution in [2.75, 3.05) is 16.8 Å². The molecular weight excluding hydrogens is 246 g/mol. The molecule has 0 aromatic carbocycles. The molecule has 2 heterocycles. The molecule has 1 atom stereocenters. The second-order valence-electron chi connectivity index (χ2n) is 4.91. The third kappa shape index (κ3) is 2.19. The average molecular weight is 263 g/mol. The van der Waals surface area contributed by atoms with Crippen molar-refractivity contribution in [3.8, 4) is 0 Å². The second kappa shape index (κ2) is 4.80. The summed E-state index contributed by atoms with van der Waals surface area (Å²) in [7, 11) is 0. The molecule has 1 aromatic heterocycles. The molecule has 3 rings (SSSR count). The Kier molecular flexibility index (Phi) is 3.16. The van der Waals surface area contributed by atoms with Gasteiger partial charge in [0.15, 0.2) is 0 Å². The SMILES string of the molecule is NC(=O)c1cc2c(nc1NC1CCSC1)CCC2. The van der Waals surface area contributed by atoms with Gasteiger partial charge in [0.25, 0.3) is 5.91 Å². The van der Waals surface area contributed by atoms with Gasteiger partial charge in [-0.1, -0.05) is 0 Å². The molecule has 5 heteroatoms. The molecule has 1 saturated heterocycles. The molecule has 18 heavy (non-hydrogen) atoms. The van der Waals surface area contributed by atoms with E-state index in [9.17, 15) is 4.79 Å². The van der Waals surface area contributed by atoms with Crippen molar-refractivity contribution in [3.63, 3.8) is 0 Å². The number of thioether (sulfide) groups is 1. The van der Waals surface area contributed by atoms with Crippen LogP contribution in [0, 0.1) is 0 Å². The Morgan fingerprint density at radius 2 is 2.39 bits per heavy atom. The van der Waals surface area contributed by atoms with Crippen LogP contribution >= 0.6 is 11.8 Å². The molecule has 2 aliphatic rings. The zero-order valence-electron chi connectivity index (χ0n) is 10.2. The molecule has 1 aromatic rings. The highest BCUT2D eigenvalue weighted by Crippen LogP contribution is 2.27. The molecule has 1 aliphatic heterocycles. The average Bonchev–Trinajstić information content (AvgIpc) is 2.97. The molecular formula is C13H17N3OS. The number of hydrogen-bond acceptors (Lipinski definition) is 4. The summed E-state index contributed by atoms with van der Waals surface area (Å²) in [6, 6.07) is 2.35. The monoisotopic (exact) mass is 263 g/mol. The predicted molar refractivity (Wildman–Crippen MR) is 74.1 cm³/mol. The van der Waals surface area contributed by atoms with Gasteiger partial charge in [-0.25, -0.2) is 4.98 Å². The van der Waals surface area contributed by atoms with Gasteiger partial charge >= 0.3 is 0 Å². The first-order valence-electron chi connectivity index (χ1n) is 6.41. The Bertz CT molecular complexity index is 483. The number of amides is 1. The largest absolute Gasteiger partial charge is 0.366 e. The number of aryl methyl sites for hydroxylation is 2. The van der Waals surface area contributed by atoms with Crippen LogP contribution in [0.1, 0.15) is 34.5 Å². The van der Waals surface area contributed by atoms with Gasteiger partial charge in [-0.2, -0.15) is 11.8 Å². The predicted octanol–water partition coefficient (Wildman–Crippen LogP) is 1.59. The minimum absolute atomic E-state index is 0.384. The van der Waals surface area contributed by atoms with Crippen LogP contribution in [0.25, 0.3) is 0 Å². The summed E-state index contributed by atoms with van der Waals surface area (Å²) in [5.74, 6) is 2.56. The van der Waals surface area contributed by atoms with Crippen LogP contribution in [0.2, 0.25) is 0 Å². The number of pyridine rings is 1.